The molecule has 0 atom stereocenters. The van der Waals surface area contributed by atoms with Gasteiger partial charge in [-0.3, -0.25) is 0 Å². The largest absolute Gasteiger partial charge is 0.455 e. The van der Waals surface area contributed by atoms with Gasteiger partial charge in [0.05, 0.1) is 0 Å². The van der Waals surface area contributed by atoms with Crippen LogP contribution in [-0.4, -0.2) is 0 Å². The molecule has 0 aliphatic carbocycles. The van der Waals surface area contributed by atoms with Gasteiger partial charge in [-0.15, -0.1) is 0 Å². The Hall–Kier alpha value is -6.90. The molecular formula is C50H33NO. The minimum atomic E-state index is 0.901. The number of fused-ring (bicyclic) bond motifs is 6. The monoisotopic (exact) mass is 663 g/mol. The van der Waals surface area contributed by atoms with Crippen molar-refractivity contribution >= 4 is 60.5 Å². The molecule has 0 unspecified atom stereocenters. The van der Waals surface area contributed by atoms with Gasteiger partial charge >= 0.3 is 0 Å². The molecule has 1 aromatic heterocycles. The number of anilines is 3. The normalized spacial score (nSPS) is 11.5. The third-order valence-electron chi connectivity index (χ3n) is 10.2. The molecule has 0 saturated carbocycles. The third-order valence-corrected chi connectivity index (χ3v) is 10.2. The van der Waals surface area contributed by atoms with Gasteiger partial charge < -0.3 is 9.32 Å². The molecule has 10 rings (SSSR count). The first-order valence-electron chi connectivity index (χ1n) is 17.8. The smallest absolute Gasteiger partial charge is 0.143 e. The Bertz CT molecular complexity index is 2870. The summed E-state index contributed by atoms with van der Waals surface area (Å²) in [4.78, 5) is 2.34. The van der Waals surface area contributed by atoms with E-state index in [0.29, 0.717) is 0 Å². The highest BCUT2D eigenvalue weighted by Crippen LogP contribution is 2.42. The zero-order valence-electron chi connectivity index (χ0n) is 28.4. The van der Waals surface area contributed by atoms with Crippen LogP contribution in [0.2, 0.25) is 0 Å². The van der Waals surface area contributed by atoms with E-state index in [0.717, 1.165) is 66.5 Å². The van der Waals surface area contributed by atoms with E-state index >= 15 is 0 Å². The fourth-order valence-electron chi connectivity index (χ4n) is 7.64. The van der Waals surface area contributed by atoms with Crippen LogP contribution in [-0.2, 0) is 0 Å². The molecule has 0 aliphatic rings. The van der Waals surface area contributed by atoms with Crippen molar-refractivity contribution in [2.75, 3.05) is 4.90 Å². The SMILES string of the molecule is c1ccc(-c2ccc(N(c3ccc(-c4cccc5ccc6c7ccc(-c8ccccc8)cc7oc6c45)cc3)c3ccc4ccccc4c3)cc2)cc1. The van der Waals surface area contributed by atoms with Gasteiger partial charge in [-0.1, -0.05) is 146 Å². The van der Waals surface area contributed by atoms with Crippen LogP contribution in [0.15, 0.2) is 205 Å². The van der Waals surface area contributed by atoms with E-state index in [1.165, 1.54) is 27.5 Å². The lowest BCUT2D eigenvalue weighted by Gasteiger charge is -2.26. The Labute approximate surface area is 302 Å². The molecule has 0 saturated heterocycles. The van der Waals surface area contributed by atoms with Crippen molar-refractivity contribution < 1.29 is 4.42 Å². The Kier molecular flexibility index (Phi) is 7.18. The molecule has 0 amide bonds. The first kappa shape index (κ1) is 30.0. The number of benzene rings is 9. The third kappa shape index (κ3) is 5.21. The quantitative estimate of drug-likeness (QED) is 0.176. The van der Waals surface area contributed by atoms with Crippen molar-refractivity contribution in [1.82, 2.24) is 0 Å². The predicted molar refractivity (Wildman–Crippen MR) is 220 cm³/mol. The van der Waals surface area contributed by atoms with Crippen LogP contribution in [0, 0.1) is 0 Å². The fourth-order valence-corrected chi connectivity index (χ4v) is 7.64. The molecule has 0 N–H and O–H groups in total. The summed E-state index contributed by atoms with van der Waals surface area (Å²) in [5.74, 6) is 0. The summed E-state index contributed by atoms with van der Waals surface area (Å²) in [6, 6.07) is 71.6. The molecule has 244 valence electrons. The predicted octanol–water partition coefficient (Wildman–Crippen LogP) is 14.4. The van der Waals surface area contributed by atoms with E-state index in [-0.39, 0.29) is 0 Å². The zero-order chi connectivity index (χ0) is 34.4. The standard InChI is InChI=1S/C50H33NO/c1-3-10-34(11-4-1)37-18-25-42(26-19-37)51(44-29-20-36-14-7-8-15-40(36)32-44)43-27-21-38(22-28-43)45-17-9-16-39-23-31-47-46-30-24-41(35-12-5-2-6-13-35)33-48(46)52-50(47)49(39)45/h1-33H. The van der Waals surface area contributed by atoms with Crippen LogP contribution >= 0.6 is 0 Å². The summed E-state index contributed by atoms with van der Waals surface area (Å²) in [5, 5.41) is 6.99. The molecule has 10 aromatic rings. The van der Waals surface area contributed by atoms with Crippen molar-refractivity contribution in [2.24, 2.45) is 0 Å². The van der Waals surface area contributed by atoms with E-state index in [4.69, 9.17) is 4.42 Å². The first-order valence-corrected chi connectivity index (χ1v) is 17.8. The van der Waals surface area contributed by atoms with E-state index in [2.05, 4.69) is 199 Å². The Morgan fingerprint density at radius 2 is 0.865 bits per heavy atom. The van der Waals surface area contributed by atoms with Crippen LogP contribution in [0.25, 0.3) is 76.9 Å². The summed E-state index contributed by atoms with van der Waals surface area (Å²) in [6.07, 6.45) is 0. The summed E-state index contributed by atoms with van der Waals surface area (Å²) >= 11 is 0. The second kappa shape index (κ2) is 12.5. The molecule has 0 radical (unpaired) electrons. The van der Waals surface area contributed by atoms with Crippen LogP contribution in [0.4, 0.5) is 17.1 Å². The van der Waals surface area contributed by atoms with Crippen molar-refractivity contribution in [1.29, 1.82) is 0 Å². The summed E-state index contributed by atoms with van der Waals surface area (Å²) in [6.45, 7) is 0. The van der Waals surface area contributed by atoms with Crippen LogP contribution in [0.1, 0.15) is 0 Å². The van der Waals surface area contributed by atoms with E-state index in [9.17, 15) is 0 Å². The second-order valence-corrected chi connectivity index (χ2v) is 13.4. The molecule has 52 heavy (non-hydrogen) atoms. The Morgan fingerprint density at radius 1 is 0.327 bits per heavy atom. The number of nitrogens with zero attached hydrogens (tertiary/aromatic N) is 1. The van der Waals surface area contributed by atoms with Gasteiger partial charge in [0, 0.05) is 33.2 Å². The Morgan fingerprint density at radius 3 is 1.60 bits per heavy atom. The van der Waals surface area contributed by atoms with Crippen molar-refractivity contribution in [3.63, 3.8) is 0 Å². The topological polar surface area (TPSA) is 16.4 Å². The van der Waals surface area contributed by atoms with Crippen molar-refractivity contribution in [3.05, 3.63) is 200 Å². The lowest BCUT2D eigenvalue weighted by Crippen LogP contribution is -2.09. The average molecular weight is 664 g/mol. The lowest BCUT2D eigenvalue weighted by atomic mass is 9.96. The van der Waals surface area contributed by atoms with Crippen LogP contribution in [0.5, 0.6) is 0 Å². The average Bonchev–Trinajstić information content (AvgIpc) is 3.60. The maximum atomic E-state index is 6.74. The van der Waals surface area contributed by atoms with Crippen molar-refractivity contribution in [3.8, 4) is 33.4 Å². The Balaban J connectivity index is 1.08. The number of furan rings is 1. The highest BCUT2D eigenvalue weighted by atomic mass is 16.3. The van der Waals surface area contributed by atoms with Gasteiger partial charge in [-0.2, -0.15) is 0 Å². The fraction of sp³-hybridized carbons (Fsp3) is 0. The van der Waals surface area contributed by atoms with Crippen LogP contribution < -0.4 is 4.90 Å². The molecule has 0 spiro atoms. The highest BCUT2D eigenvalue weighted by Gasteiger charge is 2.17. The molecule has 0 aliphatic heterocycles. The molecule has 2 nitrogen and oxygen atoms in total. The summed E-state index contributed by atoms with van der Waals surface area (Å²) < 4.78 is 6.74. The van der Waals surface area contributed by atoms with Gasteiger partial charge in [-0.05, 0) is 104 Å². The minimum absolute atomic E-state index is 0.901. The van der Waals surface area contributed by atoms with Crippen LogP contribution in [0.3, 0.4) is 0 Å². The van der Waals surface area contributed by atoms with Gasteiger partial charge in [0.1, 0.15) is 11.2 Å². The molecule has 9 aromatic carbocycles. The number of hydrogen-bond acceptors (Lipinski definition) is 2. The maximum absolute atomic E-state index is 6.74. The molecule has 0 fully saturated rings. The van der Waals surface area contributed by atoms with E-state index in [1.807, 2.05) is 6.07 Å². The minimum Gasteiger partial charge on any atom is -0.455 e. The maximum Gasteiger partial charge on any atom is 0.143 e. The lowest BCUT2D eigenvalue weighted by molar-refractivity contribution is 0.673. The number of hydrogen-bond donors (Lipinski definition) is 0. The molecule has 0 bridgehead atoms. The molecule has 2 heteroatoms. The molecule has 1 heterocycles. The first-order chi connectivity index (χ1) is 25.8. The summed E-state index contributed by atoms with van der Waals surface area (Å²) in [5.41, 5.74) is 12.2. The van der Waals surface area contributed by atoms with Crippen molar-refractivity contribution in [2.45, 2.75) is 0 Å². The van der Waals surface area contributed by atoms with Gasteiger partial charge in [0.15, 0.2) is 0 Å². The van der Waals surface area contributed by atoms with E-state index in [1.54, 1.807) is 0 Å². The van der Waals surface area contributed by atoms with Gasteiger partial charge in [0.25, 0.3) is 0 Å². The summed E-state index contributed by atoms with van der Waals surface area (Å²) in [7, 11) is 0. The molecular weight excluding hydrogens is 631 g/mol. The second-order valence-electron chi connectivity index (χ2n) is 13.4. The van der Waals surface area contributed by atoms with Gasteiger partial charge in [0.2, 0.25) is 0 Å². The highest BCUT2D eigenvalue weighted by molar-refractivity contribution is 6.19. The zero-order valence-corrected chi connectivity index (χ0v) is 28.4. The van der Waals surface area contributed by atoms with Gasteiger partial charge in [-0.25, -0.2) is 0 Å². The van der Waals surface area contributed by atoms with E-state index < -0.39 is 0 Å². The number of rotatable bonds is 6.